The minimum absolute atomic E-state index is 0.0223. The number of halogens is 1. The van der Waals surface area contributed by atoms with Gasteiger partial charge >= 0.3 is 10.4 Å². The second kappa shape index (κ2) is 20.7. The van der Waals surface area contributed by atoms with Gasteiger partial charge in [0.1, 0.15) is 35.9 Å². The molecular weight excluding hydrogens is 1200 g/mol. The van der Waals surface area contributed by atoms with E-state index < -0.39 is 175 Å². The van der Waals surface area contributed by atoms with Crippen LogP contribution in [0.5, 0.6) is 0 Å². The van der Waals surface area contributed by atoms with Gasteiger partial charge in [-0.1, -0.05) is 24.3 Å². The highest BCUT2D eigenvalue weighted by molar-refractivity contribution is 7.91. The molecule has 1 aromatic heterocycles. The summed E-state index contributed by atoms with van der Waals surface area (Å²) >= 11 is 6.10. The number of hydrogen-bond donors (Lipinski definition) is 10. The Morgan fingerprint density at radius 1 is 0.623 bits per heavy atom. The van der Waals surface area contributed by atoms with Gasteiger partial charge in [0.25, 0.3) is 50.6 Å². The van der Waals surface area contributed by atoms with Crippen molar-refractivity contribution < 1.29 is 95.2 Å². The van der Waals surface area contributed by atoms with E-state index in [1.165, 1.54) is 12.1 Å². The average Bonchev–Trinajstić information content (AvgIpc) is 3.28. The number of hydrogen-bond acceptors (Lipinski definition) is 26. The topological polar surface area (TPSA) is 525 Å². The number of azo groups is 1. The molecule has 1 aliphatic rings. The van der Waals surface area contributed by atoms with Gasteiger partial charge in [0.05, 0.1) is 34.2 Å². The molecule has 1 heterocycles. The molecule has 32 nitrogen and oxygen atoms in total. The number of benzene rings is 5. The molecule has 0 spiro atoms. The number of Topliss-reactive ketones (excluding diaryl/α,β-unsaturated/α-hetero) is 1. The van der Waals surface area contributed by atoms with Crippen LogP contribution in [0.3, 0.4) is 0 Å². The maximum atomic E-state index is 14.2. The molecule has 7 rings (SSSR count). The van der Waals surface area contributed by atoms with Gasteiger partial charge in [-0.15, -0.1) is 10.2 Å². The van der Waals surface area contributed by atoms with Crippen LogP contribution < -0.4 is 21.8 Å². The molecule has 0 saturated heterocycles. The summed E-state index contributed by atoms with van der Waals surface area (Å²) in [6.07, 6.45) is 0.429. The van der Waals surface area contributed by atoms with E-state index in [0.29, 0.717) is 12.1 Å². The summed E-state index contributed by atoms with van der Waals surface area (Å²) in [5, 5.41) is 14.7. The molecule has 0 radical (unpaired) electrons. The number of fused-ring (bicyclic) bond motifs is 2. The quantitative estimate of drug-likeness (QED) is 0.0254. The Balaban J connectivity index is 1.27. The van der Waals surface area contributed by atoms with Crippen molar-refractivity contribution in [2.45, 2.75) is 24.5 Å². The fourth-order valence-corrected chi connectivity index (χ4v) is 12.1. The van der Waals surface area contributed by atoms with Crippen molar-refractivity contribution in [3.63, 3.8) is 0 Å². The molecular formula is C37H29ClN10O22S7. The lowest BCUT2D eigenvalue weighted by molar-refractivity contribution is 0.106. The van der Waals surface area contributed by atoms with Gasteiger partial charge in [0.2, 0.25) is 23.0 Å². The van der Waals surface area contributed by atoms with Crippen molar-refractivity contribution in [3.05, 3.63) is 100 Å². The Labute approximate surface area is 438 Å². The predicted molar refractivity (Wildman–Crippen MR) is 267 cm³/mol. The number of nitrogens with zero attached hydrogens (tertiary/aromatic N) is 6. The molecule has 0 fully saturated rings. The normalized spacial score (nSPS) is 14.4. The molecule has 0 bridgehead atoms. The number of nitrogens with two attached hydrogens (primary N) is 1. The van der Waals surface area contributed by atoms with Gasteiger partial charge in [0.15, 0.2) is 15.5 Å². The second-order valence-corrected chi connectivity index (χ2v) is 25.6. The van der Waals surface area contributed by atoms with Crippen molar-refractivity contribution in [3.8, 4) is 0 Å². The smallest absolute Gasteiger partial charge is 0.396 e. The first-order valence-corrected chi connectivity index (χ1v) is 30.5. The van der Waals surface area contributed by atoms with E-state index in [2.05, 4.69) is 45.1 Å². The van der Waals surface area contributed by atoms with Gasteiger partial charge in [0, 0.05) is 22.1 Å². The lowest BCUT2D eigenvalue weighted by Crippen LogP contribution is -2.28. The zero-order chi connectivity index (χ0) is 57.0. The maximum absolute atomic E-state index is 14.2. The first kappa shape index (κ1) is 57.6. The number of sulfone groups is 1. The zero-order valence-electron chi connectivity index (χ0n) is 37.2. The Hall–Kier alpha value is -7.09. The molecule has 0 aliphatic heterocycles. The van der Waals surface area contributed by atoms with Crippen LogP contribution in [0.1, 0.15) is 15.9 Å². The van der Waals surface area contributed by atoms with Gasteiger partial charge in [-0.3, -0.25) is 37.5 Å². The molecule has 0 atom stereocenters. The lowest BCUT2D eigenvalue weighted by Gasteiger charge is -2.20. The van der Waals surface area contributed by atoms with Crippen LogP contribution in [0, 0.1) is 0 Å². The van der Waals surface area contributed by atoms with Gasteiger partial charge in [-0.25, -0.2) is 12.6 Å². The monoisotopic (exact) mass is 1220 g/mol. The zero-order valence-corrected chi connectivity index (χ0v) is 43.7. The number of carbonyl (C=O) groups is 1. The van der Waals surface area contributed by atoms with Gasteiger partial charge in [-0.05, 0) is 77.8 Å². The summed E-state index contributed by atoms with van der Waals surface area (Å²) in [4.78, 5) is 20.0. The molecule has 40 heteroatoms. The van der Waals surface area contributed by atoms with Crippen LogP contribution in [-0.2, 0) is 75.0 Å². The summed E-state index contributed by atoms with van der Waals surface area (Å²) in [6.45, 7) is -0.922. The summed E-state index contributed by atoms with van der Waals surface area (Å²) in [5.41, 5.74) is 1.25. The highest BCUT2D eigenvalue weighted by atomic mass is 35.5. The summed E-state index contributed by atoms with van der Waals surface area (Å²) in [6, 6.07) is 12.4. The largest absolute Gasteiger partial charge is 0.397 e. The Bertz CT molecular complexity index is 4470. The standard InChI is InChI=1S/C37H29ClN10O22S7/c38-35-42-36(40-18-3-1-4-20(15-18)71(50,51)12-11-70-77(67,68)69)44-37(43-35)41-19-7-10-26(73(55,56)57)24(16-19)46-47-31-27(74(58,59)60)13-17-14-28(75(61,62)63)32(33(49)29(17)30(31)39)48-45-23-9-8-21-22(34(23)76(64,65)66)5-2-6-25(21)72(52,53)54/h1-10,13-16,45H,11-12,39H2,(H,52,53,54)(H,55,56,57)(H,58,59,60)(H,61,62,63)(H,64,65,66)(H,67,68,69)(H2,40,41,42,43,44)/b47-46+,48-32-. The van der Waals surface area contributed by atoms with Crippen molar-refractivity contribution >= 4 is 157 Å². The summed E-state index contributed by atoms with van der Waals surface area (Å²) < 4.78 is 236. The third-order valence-electron chi connectivity index (χ3n) is 10.0. The van der Waals surface area contributed by atoms with E-state index in [1.54, 1.807) is 0 Å². The number of anilines is 6. The molecule has 5 aromatic carbocycles. The highest BCUT2D eigenvalue weighted by Crippen LogP contribution is 2.42. The number of nitrogen functional groups attached to an aromatic ring is 1. The molecule has 77 heavy (non-hydrogen) atoms. The van der Waals surface area contributed by atoms with Crippen LogP contribution in [0.4, 0.5) is 46.0 Å². The maximum Gasteiger partial charge on any atom is 0.397 e. The van der Waals surface area contributed by atoms with Crippen LogP contribution in [0.2, 0.25) is 5.28 Å². The lowest BCUT2D eigenvalue weighted by atomic mass is 9.92. The van der Waals surface area contributed by atoms with E-state index in [1.807, 2.05) is 5.43 Å². The highest BCUT2D eigenvalue weighted by Gasteiger charge is 2.37. The third kappa shape index (κ3) is 13.2. The van der Waals surface area contributed by atoms with Crippen molar-refractivity contribution in [1.29, 1.82) is 0 Å². The van der Waals surface area contributed by atoms with E-state index in [9.17, 15) is 86.5 Å². The number of ketones is 1. The third-order valence-corrected chi connectivity index (χ3v) is 16.9. The minimum Gasteiger partial charge on any atom is -0.396 e. The van der Waals surface area contributed by atoms with Crippen molar-refractivity contribution in [2.24, 2.45) is 15.3 Å². The van der Waals surface area contributed by atoms with E-state index in [4.69, 9.17) is 21.9 Å². The number of nitrogens with one attached hydrogen (secondary N) is 3. The molecule has 1 aliphatic carbocycles. The second-order valence-electron chi connectivity index (χ2n) is 15.2. The number of hydrazone groups is 1. The van der Waals surface area contributed by atoms with Crippen molar-refractivity contribution in [1.82, 2.24) is 15.0 Å². The van der Waals surface area contributed by atoms with E-state index in [-0.39, 0.29) is 22.2 Å². The fraction of sp³-hybridized carbons (Fsp3) is 0.0541. The van der Waals surface area contributed by atoms with Crippen LogP contribution >= 0.6 is 11.6 Å². The first-order chi connectivity index (χ1) is 35.4. The number of rotatable bonds is 18. The Morgan fingerprint density at radius 2 is 1.23 bits per heavy atom. The minimum atomic E-state index is -5.59. The summed E-state index contributed by atoms with van der Waals surface area (Å²) in [7, 11) is -35.9. The van der Waals surface area contributed by atoms with Gasteiger partial charge < -0.3 is 16.4 Å². The number of allylic oxidation sites excluding steroid dienone is 1. The first-order valence-electron chi connectivity index (χ1n) is 19.9. The van der Waals surface area contributed by atoms with Crippen molar-refractivity contribution in [2.75, 3.05) is 34.2 Å². The molecule has 0 unspecified atom stereocenters. The average molecular weight is 1230 g/mol. The summed E-state index contributed by atoms with van der Waals surface area (Å²) in [5.74, 6) is -3.25. The van der Waals surface area contributed by atoms with Gasteiger partial charge in [-0.2, -0.15) is 70.6 Å². The van der Waals surface area contributed by atoms with Crippen LogP contribution in [-0.4, -0.2) is 125 Å². The molecule has 0 saturated carbocycles. The van der Waals surface area contributed by atoms with E-state index >= 15 is 0 Å². The number of aromatic nitrogens is 3. The molecule has 408 valence electrons. The molecule has 6 aromatic rings. The number of carbonyl (C=O) groups excluding carboxylic acids is 1. The van der Waals surface area contributed by atoms with Crippen LogP contribution in [0.25, 0.3) is 16.8 Å². The fourth-order valence-electron chi connectivity index (χ4n) is 6.96. The molecule has 11 N–H and O–H groups in total. The Morgan fingerprint density at radius 3 is 1.82 bits per heavy atom. The van der Waals surface area contributed by atoms with E-state index in [0.717, 1.165) is 60.7 Å². The van der Waals surface area contributed by atoms with Crippen LogP contribution in [0.15, 0.2) is 124 Å². The SMILES string of the molecule is Nc1c(/N=N/c2cc(Nc3nc(Cl)nc(Nc4cccc(S(=O)(=O)CCOS(=O)(=O)O)c4)n3)ccc2S(=O)(=O)O)c(S(=O)(=O)O)cc2c1C(=O)/C(=N\Nc1ccc3c(S(=O)(=O)O)cccc3c1S(=O)(=O)O)C(S(=O)(=O)O)=C2. The Kier molecular flexibility index (Phi) is 15.5. The predicted octanol–water partition coefficient (Wildman–Crippen LogP) is 3.64. The molecule has 0 amide bonds.